The summed E-state index contributed by atoms with van der Waals surface area (Å²) < 4.78 is 39.8. The van der Waals surface area contributed by atoms with Crippen LogP contribution in [0.15, 0.2) is 42.5 Å². The van der Waals surface area contributed by atoms with Crippen molar-refractivity contribution >= 4 is 45.1 Å². The molecule has 1 saturated heterocycles. The maximum atomic E-state index is 13.8. The van der Waals surface area contributed by atoms with Crippen LogP contribution in [-0.2, 0) is 14.8 Å². The molecule has 0 radical (unpaired) electrons. The van der Waals surface area contributed by atoms with Crippen molar-refractivity contribution in [3.05, 3.63) is 53.2 Å². The molecule has 0 unspecified atom stereocenters. The van der Waals surface area contributed by atoms with Gasteiger partial charge < -0.3 is 5.32 Å². The van der Waals surface area contributed by atoms with Crippen LogP contribution in [0.3, 0.4) is 0 Å². The second kappa shape index (κ2) is 9.69. The van der Waals surface area contributed by atoms with Crippen molar-refractivity contribution in [1.82, 2.24) is 9.62 Å². The van der Waals surface area contributed by atoms with E-state index in [-0.39, 0.29) is 24.0 Å². The molecule has 1 aliphatic heterocycles. The number of halogens is 1. The lowest BCUT2D eigenvalue weighted by Crippen LogP contribution is -2.41. The molecule has 5 nitrogen and oxygen atoms in total. The summed E-state index contributed by atoms with van der Waals surface area (Å²) in [5.41, 5.74) is 0.526. The number of thiophene rings is 1. The van der Waals surface area contributed by atoms with Gasteiger partial charge in [-0.25, -0.2) is 17.1 Å². The van der Waals surface area contributed by atoms with E-state index in [9.17, 15) is 17.6 Å². The Hall–Kier alpha value is -1.68. The highest BCUT2D eigenvalue weighted by Crippen LogP contribution is 2.30. The average Bonchev–Trinajstić information content (AvgIpc) is 3.16. The van der Waals surface area contributed by atoms with Crippen LogP contribution in [0.1, 0.15) is 4.88 Å². The zero-order valence-electron chi connectivity index (χ0n) is 15.1. The molecular weight excluding hydrogens is 419 g/mol. The van der Waals surface area contributed by atoms with Gasteiger partial charge >= 0.3 is 0 Å². The van der Waals surface area contributed by atoms with Crippen molar-refractivity contribution in [2.45, 2.75) is 0 Å². The lowest BCUT2D eigenvalue weighted by atomic mass is 10.2. The first-order chi connectivity index (χ1) is 13.5. The SMILES string of the molecule is O=C(/C=C/c1ccc(-c2ccccc2F)s1)NCCS(=O)(=O)N1CCSCC1. The number of thioether (sulfide) groups is 1. The number of carbonyl (C=O) groups excluding carboxylic acids is 1. The molecule has 1 fully saturated rings. The number of amides is 1. The molecule has 0 spiro atoms. The maximum Gasteiger partial charge on any atom is 0.244 e. The largest absolute Gasteiger partial charge is 0.351 e. The quantitative estimate of drug-likeness (QED) is 0.672. The van der Waals surface area contributed by atoms with E-state index in [1.165, 1.54) is 27.8 Å². The van der Waals surface area contributed by atoms with Crippen LogP contribution in [-0.4, -0.2) is 55.5 Å². The van der Waals surface area contributed by atoms with Crippen LogP contribution in [0.5, 0.6) is 0 Å². The van der Waals surface area contributed by atoms with Crippen molar-refractivity contribution < 1.29 is 17.6 Å². The summed E-state index contributed by atoms with van der Waals surface area (Å²) in [6.07, 6.45) is 3.00. The maximum absolute atomic E-state index is 13.8. The van der Waals surface area contributed by atoms with E-state index < -0.39 is 10.0 Å². The molecule has 0 bridgehead atoms. The minimum absolute atomic E-state index is 0.0695. The first-order valence-corrected chi connectivity index (χ1v) is 12.4. The number of carbonyl (C=O) groups is 1. The van der Waals surface area contributed by atoms with E-state index in [0.29, 0.717) is 18.7 Å². The Labute approximate surface area is 172 Å². The van der Waals surface area contributed by atoms with Crippen molar-refractivity contribution in [2.75, 3.05) is 36.9 Å². The van der Waals surface area contributed by atoms with Gasteiger partial charge in [-0.1, -0.05) is 18.2 Å². The molecular formula is C19H21FN2O3S3. The van der Waals surface area contributed by atoms with E-state index in [1.807, 2.05) is 12.1 Å². The van der Waals surface area contributed by atoms with Gasteiger partial charge in [0.1, 0.15) is 5.82 Å². The van der Waals surface area contributed by atoms with Gasteiger partial charge in [-0.2, -0.15) is 11.8 Å². The topological polar surface area (TPSA) is 66.5 Å². The molecule has 2 aromatic rings. The molecule has 1 amide bonds. The molecule has 1 aromatic carbocycles. The summed E-state index contributed by atoms with van der Waals surface area (Å²) in [7, 11) is -3.33. The molecule has 1 aliphatic rings. The van der Waals surface area contributed by atoms with Gasteiger partial charge in [0.2, 0.25) is 15.9 Å². The molecule has 3 rings (SSSR count). The summed E-state index contributed by atoms with van der Waals surface area (Å²) in [5.74, 6) is 0.873. The predicted octanol–water partition coefficient (Wildman–Crippen LogP) is 3.06. The fraction of sp³-hybridized carbons (Fsp3) is 0.316. The summed E-state index contributed by atoms with van der Waals surface area (Å²) in [6.45, 7) is 1.13. The zero-order valence-corrected chi connectivity index (χ0v) is 17.6. The predicted molar refractivity (Wildman–Crippen MR) is 114 cm³/mol. The summed E-state index contributed by atoms with van der Waals surface area (Å²) >= 11 is 3.12. The molecule has 9 heteroatoms. The highest BCUT2D eigenvalue weighted by molar-refractivity contribution is 7.99. The van der Waals surface area contributed by atoms with Gasteiger partial charge in [-0.15, -0.1) is 11.3 Å². The normalized spacial score (nSPS) is 15.8. The van der Waals surface area contributed by atoms with Gasteiger partial charge in [0.15, 0.2) is 0 Å². The molecule has 0 saturated carbocycles. The molecule has 2 heterocycles. The first-order valence-electron chi connectivity index (χ1n) is 8.82. The lowest BCUT2D eigenvalue weighted by molar-refractivity contribution is -0.116. The monoisotopic (exact) mass is 440 g/mol. The molecule has 1 aromatic heterocycles. The van der Waals surface area contributed by atoms with Gasteiger partial charge in [-0.05, 0) is 24.3 Å². The van der Waals surface area contributed by atoms with Crippen LogP contribution in [0.2, 0.25) is 0 Å². The van der Waals surface area contributed by atoms with Crippen LogP contribution in [0.25, 0.3) is 16.5 Å². The third-order valence-corrected chi connectivity index (χ3v) is 8.09. The van der Waals surface area contributed by atoms with Gasteiger partial charge in [-0.3, -0.25) is 4.79 Å². The Morgan fingerprint density at radius 2 is 1.93 bits per heavy atom. The van der Waals surface area contributed by atoms with Gasteiger partial charge in [0.05, 0.1) is 5.75 Å². The van der Waals surface area contributed by atoms with E-state index in [4.69, 9.17) is 0 Å². The lowest BCUT2D eigenvalue weighted by Gasteiger charge is -2.25. The number of hydrogen-bond acceptors (Lipinski definition) is 5. The minimum atomic E-state index is -3.33. The number of nitrogens with one attached hydrogen (secondary N) is 1. The second-order valence-corrected chi connectivity index (χ2v) is 10.6. The minimum Gasteiger partial charge on any atom is -0.351 e. The van der Waals surface area contributed by atoms with Crippen molar-refractivity contribution in [3.63, 3.8) is 0 Å². The second-order valence-electron chi connectivity index (χ2n) is 6.13. The third-order valence-electron chi connectivity index (χ3n) is 4.19. The molecule has 0 aliphatic carbocycles. The third kappa shape index (κ3) is 5.66. The van der Waals surface area contributed by atoms with E-state index in [2.05, 4.69) is 5.32 Å². The molecule has 0 atom stereocenters. The van der Waals surface area contributed by atoms with Crippen molar-refractivity contribution in [1.29, 1.82) is 0 Å². The van der Waals surface area contributed by atoms with E-state index in [0.717, 1.165) is 21.3 Å². The summed E-state index contributed by atoms with van der Waals surface area (Å²) in [4.78, 5) is 13.5. The summed E-state index contributed by atoms with van der Waals surface area (Å²) in [5, 5.41) is 2.60. The van der Waals surface area contributed by atoms with Crippen LogP contribution < -0.4 is 5.32 Å². The van der Waals surface area contributed by atoms with Crippen LogP contribution >= 0.6 is 23.1 Å². The molecule has 28 heavy (non-hydrogen) atoms. The average molecular weight is 441 g/mol. The standard InChI is InChI=1S/C19H21FN2O3S3/c20-17-4-2-1-3-16(17)18-7-5-15(27-18)6-8-19(23)21-9-14-28(24,25)22-10-12-26-13-11-22/h1-8H,9-14H2,(H,21,23)/b8-6+. The molecule has 150 valence electrons. The van der Waals surface area contributed by atoms with E-state index in [1.54, 1.807) is 36.0 Å². The molecule has 1 N–H and O–H groups in total. The number of sulfonamides is 1. The number of hydrogen-bond donors (Lipinski definition) is 1. The van der Waals surface area contributed by atoms with Crippen LogP contribution in [0.4, 0.5) is 4.39 Å². The smallest absolute Gasteiger partial charge is 0.244 e. The Morgan fingerprint density at radius 1 is 1.18 bits per heavy atom. The zero-order chi connectivity index (χ0) is 20.0. The first kappa shape index (κ1) is 21.0. The van der Waals surface area contributed by atoms with Crippen molar-refractivity contribution in [3.8, 4) is 10.4 Å². The summed E-state index contributed by atoms with van der Waals surface area (Å²) in [6, 6.07) is 10.2. The Balaban J connectivity index is 1.50. The number of nitrogens with zero attached hydrogens (tertiary/aromatic N) is 1. The number of benzene rings is 1. The van der Waals surface area contributed by atoms with E-state index >= 15 is 0 Å². The Morgan fingerprint density at radius 3 is 2.68 bits per heavy atom. The highest BCUT2D eigenvalue weighted by atomic mass is 32.2. The van der Waals surface area contributed by atoms with Crippen molar-refractivity contribution in [2.24, 2.45) is 0 Å². The van der Waals surface area contributed by atoms with Gasteiger partial charge in [0.25, 0.3) is 0 Å². The highest BCUT2D eigenvalue weighted by Gasteiger charge is 2.23. The fourth-order valence-corrected chi connectivity index (χ4v) is 6.15. The Kier molecular flexibility index (Phi) is 7.28. The Bertz CT molecular complexity index is 951. The number of rotatable bonds is 7. The van der Waals surface area contributed by atoms with Gasteiger partial charge in [0, 0.05) is 52.5 Å². The fourth-order valence-electron chi connectivity index (χ4n) is 2.72. The van der Waals surface area contributed by atoms with Crippen LogP contribution in [0, 0.1) is 5.82 Å².